The van der Waals surface area contributed by atoms with Gasteiger partial charge in [-0.05, 0) is 13.8 Å². The van der Waals surface area contributed by atoms with Crippen molar-refractivity contribution in [2.24, 2.45) is 12.1 Å². The predicted molar refractivity (Wildman–Crippen MR) is 112 cm³/mol. The normalized spacial score (nSPS) is 17.5. The summed E-state index contributed by atoms with van der Waals surface area (Å²) in [7, 11) is 1.64. The maximum Gasteiger partial charge on any atom is 0.332 e. The highest BCUT2D eigenvalue weighted by molar-refractivity contribution is 5.87. The lowest BCUT2D eigenvalue weighted by atomic mass is 10.3. The first-order valence-corrected chi connectivity index (χ1v) is 9.83. The molecule has 156 valence electrons. The van der Waals surface area contributed by atoms with Crippen LogP contribution in [0, 0.1) is 0 Å². The second-order valence-corrected chi connectivity index (χ2v) is 7.77. The van der Waals surface area contributed by atoms with Crippen LogP contribution in [0.5, 0.6) is 0 Å². The van der Waals surface area contributed by atoms with E-state index in [-0.39, 0.29) is 12.1 Å². The minimum Gasteiger partial charge on any atom is -0.379 e. The number of allylic oxidation sites excluding steroid dienone is 1. The van der Waals surface area contributed by atoms with Crippen molar-refractivity contribution in [2.45, 2.75) is 26.9 Å². The van der Waals surface area contributed by atoms with Crippen LogP contribution in [0.3, 0.4) is 0 Å². The zero-order chi connectivity index (χ0) is 20.7. The molecular formula is C19H27N7O3. The Hall–Kier alpha value is -2.72. The van der Waals surface area contributed by atoms with Gasteiger partial charge in [0.05, 0.1) is 38.6 Å². The number of imidazole rings is 1. The summed E-state index contributed by atoms with van der Waals surface area (Å²) in [5, 5.41) is 6.49. The number of anilines is 1. The fourth-order valence-electron chi connectivity index (χ4n) is 3.84. The molecule has 29 heavy (non-hydrogen) atoms. The van der Waals surface area contributed by atoms with Gasteiger partial charge in [-0.1, -0.05) is 12.2 Å². The fourth-order valence-corrected chi connectivity index (χ4v) is 3.84. The average molecular weight is 401 g/mol. The Bertz CT molecular complexity index is 1100. The molecule has 4 rings (SSSR count). The number of fused-ring (bicyclic) bond motifs is 3. The summed E-state index contributed by atoms with van der Waals surface area (Å²) in [6.45, 7) is 13.0. The van der Waals surface area contributed by atoms with Gasteiger partial charge in [0.2, 0.25) is 5.95 Å². The number of ether oxygens (including phenoxy) is 1. The van der Waals surface area contributed by atoms with Crippen LogP contribution >= 0.6 is 0 Å². The Balaban J connectivity index is 1.76. The zero-order valence-electron chi connectivity index (χ0n) is 17.2. The van der Waals surface area contributed by atoms with E-state index < -0.39 is 5.69 Å². The molecule has 0 aromatic carbocycles. The van der Waals surface area contributed by atoms with Gasteiger partial charge in [-0.3, -0.25) is 23.4 Å². The minimum atomic E-state index is -0.390. The standard InChI is InChI=1S/C19H27N7O3/c1-13(2)11-25-17(27)15-16(22(4)19(25)28)20-18-24(15)12-14(3)21-26(18)6-5-23-7-9-29-10-8-23/h1,5-12H2,2-4H3. The maximum atomic E-state index is 13.2. The minimum absolute atomic E-state index is 0.190. The molecule has 2 aromatic rings. The number of hydrogen-bond donors (Lipinski definition) is 0. The smallest absolute Gasteiger partial charge is 0.332 e. The van der Waals surface area contributed by atoms with Gasteiger partial charge in [-0.25, -0.2) is 9.80 Å². The number of morpholine rings is 1. The van der Waals surface area contributed by atoms with Crippen molar-refractivity contribution in [3.05, 3.63) is 33.0 Å². The summed E-state index contributed by atoms with van der Waals surface area (Å²) >= 11 is 0. The molecule has 0 atom stereocenters. The van der Waals surface area contributed by atoms with E-state index in [1.165, 1.54) is 9.13 Å². The van der Waals surface area contributed by atoms with Crippen LogP contribution < -0.4 is 16.3 Å². The number of rotatable bonds is 5. The van der Waals surface area contributed by atoms with E-state index in [1.54, 1.807) is 14.0 Å². The average Bonchev–Trinajstić information content (AvgIpc) is 3.08. The van der Waals surface area contributed by atoms with Crippen LogP contribution in [0.2, 0.25) is 0 Å². The van der Waals surface area contributed by atoms with E-state index >= 15 is 0 Å². The van der Waals surface area contributed by atoms with Crippen LogP contribution in [0.4, 0.5) is 5.95 Å². The summed E-state index contributed by atoms with van der Waals surface area (Å²) in [6, 6.07) is 0. The van der Waals surface area contributed by atoms with Gasteiger partial charge in [-0.15, -0.1) is 0 Å². The van der Waals surface area contributed by atoms with Gasteiger partial charge in [-0.2, -0.15) is 10.1 Å². The summed E-state index contributed by atoms with van der Waals surface area (Å²) < 4.78 is 9.93. The van der Waals surface area contributed by atoms with Crippen LogP contribution in [0.1, 0.15) is 13.8 Å². The molecular weight excluding hydrogens is 374 g/mol. The van der Waals surface area contributed by atoms with Crippen molar-refractivity contribution in [3.63, 3.8) is 0 Å². The molecule has 0 radical (unpaired) electrons. The van der Waals surface area contributed by atoms with E-state index in [0.29, 0.717) is 30.2 Å². The fraction of sp³-hybridized carbons (Fsp3) is 0.579. The molecule has 10 heteroatoms. The lowest BCUT2D eigenvalue weighted by Crippen LogP contribution is -2.42. The predicted octanol–water partition coefficient (Wildman–Crippen LogP) is 0.000900. The lowest BCUT2D eigenvalue weighted by molar-refractivity contribution is 0.0391. The zero-order valence-corrected chi connectivity index (χ0v) is 17.2. The van der Waals surface area contributed by atoms with Gasteiger partial charge in [0.15, 0.2) is 11.2 Å². The molecule has 0 aliphatic carbocycles. The van der Waals surface area contributed by atoms with Crippen LogP contribution in [0.15, 0.2) is 26.8 Å². The van der Waals surface area contributed by atoms with Gasteiger partial charge in [0.25, 0.3) is 5.56 Å². The molecule has 10 nitrogen and oxygen atoms in total. The lowest BCUT2D eigenvalue weighted by Gasteiger charge is -2.30. The summed E-state index contributed by atoms with van der Waals surface area (Å²) in [6.07, 6.45) is 0. The summed E-state index contributed by atoms with van der Waals surface area (Å²) in [4.78, 5) is 32.8. The third-order valence-corrected chi connectivity index (χ3v) is 5.28. The van der Waals surface area contributed by atoms with Crippen LogP contribution in [-0.4, -0.2) is 68.7 Å². The third-order valence-electron chi connectivity index (χ3n) is 5.28. The Morgan fingerprint density at radius 3 is 2.62 bits per heavy atom. The summed E-state index contributed by atoms with van der Waals surface area (Å²) in [5.74, 6) is 0.596. The number of aromatic nitrogens is 4. The van der Waals surface area contributed by atoms with Crippen molar-refractivity contribution in [3.8, 4) is 0 Å². The van der Waals surface area contributed by atoms with Gasteiger partial charge in [0, 0.05) is 26.7 Å². The van der Waals surface area contributed by atoms with Gasteiger partial charge >= 0.3 is 5.69 Å². The molecule has 4 heterocycles. The largest absolute Gasteiger partial charge is 0.379 e. The van der Waals surface area contributed by atoms with E-state index in [1.807, 2.05) is 16.5 Å². The molecule has 0 bridgehead atoms. The van der Waals surface area contributed by atoms with Crippen molar-refractivity contribution >= 4 is 22.8 Å². The molecule has 0 amide bonds. The first-order valence-electron chi connectivity index (χ1n) is 9.83. The highest BCUT2D eigenvalue weighted by atomic mass is 16.5. The topological polar surface area (TPSA) is 89.9 Å². The number of nitrogens with zero attached hydrogens (tertiary/aromatic N) is 7. The van der Waals surface area contributed by atoms with E-state index in [2.05, 4.69) is 21.6 Å². The number of hydrazone groups is 1. The van der Waals surface area contributed by atoms with Crippen molar-refractivity contribution < 1.29 is 4.74 Å². The number of aryl methyl sites for hydroxylation is 1. The maximum absolute atomic E-state index is 13.2. The molecule has 0 N–H and O–H groups in total. The highest BCUT2D eigenvalue weighted by Gasteiger charge is 2.27. The van der Waals surface area contributed by atoms with Crippen LogP contribution in [-0.2, 0) is 24.9 Å². The Labute approximate surface area is 168 Å². The van der Waals surface area contributed by atoms with E-state index in [9.17, 15) is 9.59 Å². The highest BCUT2D eigenvalue weighted by Crippen LogP contribution is 2.23. The van der Waals surface area contributed by atoms with E-state index in [0.717, 1.165) is 44.1 Å². The van der Waals surface area contributed by atoms with Gasteiger partial charge in [0.1, 0.15) is 0 Å². The van der Waals surface area contributed by atoms with Crippen molar-refractivity contribution in [1.82, 2.24) is 23.6 Å². The molecule has 0 unspecified atom stereocenters. The molecule has 2 aliphatic heterocycles. The monoisotopic (exact) mass is 401 g/mol. The van der Waals surface area contributed by atoms with Crippen molar-refractivity contribution in [1.29, 1.82) is 0 Å². The van der Waals surface area contributed by atoms with Crippen molar-refractivity contribution in [2.75, 3.05) is 44.4 Å². The Morgan fingerprint density at radius 2 is 1.93 bits per heavy atom. The second-order valence-electron chi connectivity index (χ2n) is 7.77. The SMILES string of the molecule is C=C(C)Cn1c(=O)c2c(nc3n2CC(C)=NN3CCN2CCOCC2)n(C)c1=O. The quantitative estimate of drug-likeness (QED) is 0.656. The first kappa shape index (κ1) is 19.6. The second kappa shape index (κ2) is 7.60. The molecule has 0 spiro atoms. The number of hydrogen-bond acceptors (Lipinski definition) is 7. The molecule has 1 saturated heterocycles. The Kier molecular flexibility index (Phi) is 5.13. The van der Waals surface area contributed by atoms with Gasteiger partial charge < -0.3 is 4.74 Å². The molecule has 0 saturated carbocycles. The summed E-state index contributed by atoms with van der Waals surface area (Å²) in [5.41, 5.74) is 1.71. The molecule has 2 aromatic heterocycles. The molecule has 2 aliphatic rings. The molecule has 1 fully saturated rings. The first-order chi connectivity index (χ1) is 13.9. The van der Waals surface area contributed by atoms with E-state index in [4.69, 9.17) is 4.74 Å². The third kappa shape index (κ3) is 3.53. The Morgan fingerprint density at radius 1 is 1.21 bits per heavy atom. The van der Waals surface area contributed by atoms with Crippen LogP contribution in [0.25, 0.3) is 11.2 Å².